The summed E-state index contributed by atoms with van der Waals surface area (Å²) in [5.74, 6) is 0. The van der Waals surface area contributed by atoms with E-state index in [-0.39, 0.29) is 57.9 Å². The van der Waals surface area contributed by atoms with Crippen molar-refractivity contribution in [3.63, 3.8) is 0 Å². The standard InChI is InChI=1S/CH2O3.ClH.Sr.2H/c2-1(3)4;;;;/h(H2,2,3,4);1H;;;. The second kappa shape index (κ2) is 9.40. The second-order valence-electron chi connectivity index (χ2n) is 0.283. The molecule has 5 heteroatoms. The van der Waals surface area contributed by atoms with Crippen molar-refractivity contribution in [3.8, 4) is 0 Å². The summed E-state index contributed by atoms with van der Waals surface area (Å²) < 4.78 is 0. The predicted molar refractivity (Wildman–Crippen MR) is 26.4 cm³/mol. The minimum atomic E-state index is -1.83. The first-order chi connectivity index (χ1) is 1.73. The van der Waals surface area contributed by atoms with Crippen LogP contribution in [0.25, 0.3) is 0 Å². The van der Waals surface area contributed by atoms with Crippen molar-refractivity contribution in [2.75, 3.05) is 0 Å². The van der Waals surface area contributed by atoms with Gasteiger partial charge in [0, 0.05) is 0 Å². The predicted octanol–water partition coefficient (Wildman–Crippen LogP) is -0.272. The average Bonchev–Trinajstić information content (AvgIpc) is 0.811. The molecule has 0 saturated carbocycles. The van der Waals surface area contributed by atoms with Crippen LogP contribution in [0.15, 0.2) is 0 Å². The van der Waals surface area contributed by atoms with E-state index in [0.29, 0.717) is 0 Å². The first-order valence-electron chi connectivity index (χ1n) is 0.651. The van der Waals surface area contributed by atoms with Gasteiger partial charge in [-0.05, 0) is 0 Å². The fourth-order valence-corrected chi connectivity index (χ4v) is 0. The maximum atomic E-state index is 8.56. The third-order valence-corrected chi connectivity index (χ3v) is 0. The van der Waals surface area contributed by atoms with Crippen molar-refractivity contribution in [1.29, 1.82) is 0 Å². The fourth-order valence-electron chi connectivity index (χ4n) is 0. The van der Waals surface area contributed by atoms with Crippen LogP contribution in [0.5, 0.6) is 0 Å². The zero-order valence-electron chi connectivity index (χ0n) is 2.21. The quantitative estimate of drug-likeness (QED) is 0.514. The first-order valence-corrected chi connectivity index (χ1v) is 0.651. The summed E-state index contributed by atoms with van der Waals surface area (Å²) in [7, 11) is 0. The van der Waals surface area contributed by atoms with Gasteiger partial charge >= 0.3 is 51.6 Å². The molecule has 0 bridgehead atoms. The van der Waals surface area contributed by atoms with Crippen molar-refractivity contribution in [1.82, 2.24) is 0 Å². The van der Waals surface area contributed by atoms with Gasteiger partial charge in [-0.15, -0.1) is 12.4 Å². The third kappa shape index (κ3) is 76.0. The van der Waals surface area contributed by atoms with Gasteiger partial charge in [0.25, 0.3) is 0 Å². The SMILES string of the molecule is Cl.O=C(O)O.[SrH2]. The van der Waals surface area contributed by atoms with E-state index >= 15 is 0 Å². The van der Waals surface area contributed by atoms with Gasteiger partial charge in [0.1, 0.15) is 0 Å². The molecule has 0 saturated heterocycles. The molecule has 2 N–H and O–H groups in total. The van der Waals surface area contributed by atoms with E-state index in [4.69, 9.17) is 15.0 Å². The Kier molecular flexibility index (Phi) is 24.7. The molecule has 0 aliphatic carbocycles. The molecular formula is CH5ClO3Sr. The minimum absolute atomic E-state index is 0. The molecule has 0 aromatic carbocycles. The molecule has 0 aliphatic heterocycles. The van der Waals surface area contributed by atoms with Gasteiger partial charge in [0.05, 0.1) is 0 Å². The van der Waals surface area contributed by atoms with Gasteiger partial charge in [-0.25, -0.2) is 4.79 Å². The Labute approximate surface area is 78.0 Å². The third-order valence-electron chi connectivity index (χ3n) is 0. The van der Waals surface area contributed by atoms with Crippen LogP contribution in [0.3, 0.4) is 0 Å². The van der Waals surface area contributed by atoms with Crippen LogP contribution >= 0.6 is 12.4 Å². The number of rotatable bonds is 0. The van der Waals surface area contributed by atoms with E-state index in [0.717, 1.165) is 0 Å². The summed E-state index contributed by atoms with van der Waals surface area (Å²) in [5.41, 5.74) is 0. The summed E-state index contributed by atoms with van der Waals surface area (Å²) >= 11 is 0. The molecule has 0 unspecified atom stereocenters. The van der Waals surface area contributed by atoms with Crippen molar-refractivity contribution in [2.45, 2.75) is 0 Å². The Bertz CT molecular complexity index is 33.8. The zero-order chi connectivity index (χ0) is 3.58. The van der Waals surface area contributed by atoms with Crippen molar-refractivity contribution in [2.24, 2.45) is 0 Å². The number of hydrogen-bond donors (Lipinski definition) is 2. The van der Waals surface area contributed by atoms with Crippen LogP contribution in [-0.2, 0) is 0 Å². The van der Waals surface area contributed by atoms with Gasteiger partial charge in [-0.2, -0.15) is 0 Å². The van der Waals surface area contributed by atoms with Crippen molar-refractivity contribution >= 4 is 64.0 Å². The molecule has 36 valence electrons. The zero-order valence-corrected chi connectivity index (χ0v) is 3.03. The van der Waals surface area contributed by atoms with Crippen molar-refractivity contribution in [3.05, 3.63) is 0 Å². The van der Waals surface area contributed by atoms with Crippen LogP contribution < -0.4 is 0 Å². The van der Waals surface area contributed by atoms with Gasteiger partial charge in [0.2, 0.25) is 0 Å². The molecule has 0 radical (unpaired) electrons. The van der Waals surface area contributed by atoms with E-state index < -0.39 is 6.16 Å². The molecule has 6 heavy (non-hydrogen) atoms. The monoisotopic (exact) mass is 188 g/mol. The normalized spacial score (nSPS) is 4.00. The Morgan fingerprint density at radius 2 is 1.33 bits per heavy atom. The molecule has 0 fully saturated rings. The number of carbonyl (C=O) groups is 1. The van der Waals surface area contributed by atoms with Gasteiger partial charge in [0.15, 0.2) is 0 Å². The van der Waals surface area contributed by atoms with Crippen LogP contribution in [0.2, 0.25) is 0 Å². The average molecular weight is 188 g/mol. The summed E-state index contributed by atoms with van der Waals surface area (Å²) in [5, 5.41) is 13.9. The van der Waals surface area contributed by atoms with Gasteiger partial charge in [-0.3, -0.25) is 0 Å². The van der Waals surface area contributed by atoms with E-state index in [1.807, 2.05) is 0 Å². The topological polar surface area (TPSA) is 57.5 Å². The van der Waals surface area contributed by atoms with Gasteiger partial charge in [-0.1, -0.05) is 0 Å². The maximum absolute atomic E-state index is 8.56. The van der Waals surface area contributed by atoms with E-state index in [1.165, 1.54) is 0 Å². The molecule has 0 aromatic rings. The molecule has 0 amide bonds. The second-order valence-corrected chi connectivity index (χ2v) is 0.283. The van der Waals surface area contributed by atoms with Crippen LogP contribution in [0.1, 0.15) is 0 Å². The number of halogens is 1. The van der Waals surface area contributed by atoms with E-state index in [1.54, 1.807) is 0 Å². The summed E-state index contributed by atoms with van der Waals surface area (Å²) in [6.45, 7) is 0. The summed E-state index contributed by atoms with van der Waals surface area (Å²) in [4.78, 5) is 8.56. The molecular weight excluding hydrogens is 183 g/mol. The molecule has 0 aromatic heterocycles. The molecule has 0 spiro atoms. The number of hydrogen-bond acceptors (Lipinski definition) is 1. The Hall–Kier alpha value is 1.04. The van der Waals surface area contributed by atoms with Crippen LogP contribution in [-0.4, -0.2) is 61.9 Å². The summed E-state index contributed by atoms with van der Waals surface area (Å²) in [6, 6.07) is 0. The molecule has 0 aliphatic rings. The number of carboxylic acid groups (broad SMARTS) is 2. The van der Waals surface area contributed by atoms with Crippen LogP contribution in [0.4, 0.5) is 4.79 Å². The first kappa shape index (κ1) is 15.7. The molecule has 0 rings (SSSR count). The Morgan fingerprint density at radius 1 is 1.33 bits per heavy atom. The van der Waals surface area contributed by atoms with Crippen LogP contribution in [0, 0.1) is 0 Å². The van der Waals surface area contributed by atoms with Crippen molar-refractivity contribution < 1.29 is 15.0 Å². The fraction of sp³-hybridized carbons (Fsp3) is 0. The molecule has 3 nitrogen and oxygen atoms in total. The summed E-state index contributed by atoms with van der Waals surface area (Å²) in [6.07, 6.45) is -1.83. The van der Waals surface area contributed by atoms with E-state index in [2.05, 4.69) is 0 Å². The Morgan fingerprint density at radius 3 is 1.33 bits per heavy atom. The molecule has 0 heterocycles. The molecule has 0 atom stereocenters. The van der Waals surface area contributed by atoms with Gasteiger partial charge < -0.3 is 10.2 Å². The Balaban J connectivity index is -0.0000000450. The van der Waals surface area contributed by atoms with E-state index in [9.17, 15) is 0 Å².